The van der Waals surface area contributed by atoms with Gasteiger partial charge in [0.25, 0.3) is 0 Å². The van der Waals surface area contributed by atoms with Crippen molar-refractivity contribution in [3.63, 3.8) is 0 Å². The second kappa shape index (κ2) is 6.92. The van der Waals surface area contributed by atoms with E-state index in [-0.39, 0.29) is 6.04 Å². The number of nitrogens with two attached hydrogens (primary N) is 1. The van der Waals surface area contributed by atoms with Gasteiger partial charge in [-0.2, -0.15) is 0 Å². The fourth-order valence-corrected chi connectivity index (χ4v) is 2.80. The zero-order chi connectivity index (χ0) is 13.7. The van der Waals surface area contributed by atoms with Gasteiger partial charge in [0, 0.05) is 17.8 Å². The summed E-state index contributed by atoms with van der Waals surface area (Å²) in [4.78, 5) is 4.16. The zero-order valence-electron chi connectivity index (χ0n) is 11.5. The summed E-state index contributed by atoms with van der Waals surface area (Å²) in [5.41, 5.74) is 8.54. The first-order valence-electron chi connectivity index (χ1n) is 7.03. The van der Waals surface area contributed by atoms with E-state index in [0.717, 1.165) is 18.5 Å². The number of aromatic nitrogens is 1. The van der Waals surface area contributed by atoms with Crippen molar-refractivity contribution in [1.29, 1.82) is 0 Å². The van der Waals surface area contributed by atoms with Gasteiger partial charge in [0.2, 0.25) is 0 Å². The molecule has 0 saturated heterocycles. The van der Waals surface area contributed by atoms with E-state index in [1.54, 1.807) is 6.20 Å². The number of rotatable bonds is 5. The van der Waals surface area contributed by atoms with Crippen LogP contribution in [0.3, 0.4) is 0 Å². The number of hydrogen-bond donors (Lipinski definition) is 2. The minimum atomic E-state index is 0.209. The standard InChI is InChI=1S/C15H22ClN3/c1-2-18-14(8-11-6-4-3-5-7-11)13-9-12(16)10-19-15(13)17/h6,9-10,14,18H,2-5,7-8H2,1H3,(H2,17,19). The van der Waals surface area contributed by atoms with Gasteiger partial charge in [-0.25, -0.2) is 4.98 Å². The molecule has 1 aliphatic carbocycles. The van der Waals surface area contributed by atoms with E-state index < -0.39 is 0 Å². The van der Waals surface area contributed by atoms with E-state index in [9.17, 15) is 0 Å². The molecule has 0 amide bonds. The molecule has 0 aliphatic heterocycles. The van der Waals surface area contributed by atoms with Crippen molar-refractivity contribution in [2.24, 2.45) is 0 Å². The molecule has 1 unspecified atom stereocenters. The third kappa shape index (κ3) is 3.95. The maximum absolute atomic E-state index is 6.04. The van der Waals surface area contributed by atoms with Crippen LogP contribution in [0.2, 0.25) is 5.02 Å². The van der Waals surface area contributed by atoms with E-state index in [1.807, 2.05) is 6.07 Å². The lowest BCUT2D eigenvalue weighted by atomic mass is 9.91. The van der Waals surface area contributed by atoms with E-state index in [4.69, 9.17) is 17.3 Å². The van der Waals surface area contributed by atoms with Gasteiger partial charge in [0.1, 0.15) is 5.82 Å². The highest BCUT2D eigenvalue weighted by Gasteiger charge is 2.17. The van der Waals surface area contributed by atoms with Gasteiger partial charge in [-0.1, -0.05) is 30.2 Å². The maximum Gasteiger partial charge on any atom is 0.128 e. The van der Waals surface area contributed by atoms with Gasteiger partial charge in [-0.15, -0.1) is 0 Å². The summed E-state index contributed by atoms with van der Waals surface area (Å²) in [6, 6.07) is 2.14. The van der Waals surface area contributed by atoms with Gasteiger partial charge in [-0.3, -0.25) is 0 Å². The van der Waals surface area contributed by atoms with E-state index >= 15 is 0 Å². The Morgan fingerprint density at radius 2 is 2.32 bits per heavy atom. The van der Waals surface area contributed by atoms with Crippen LogP contribution in [-0.4, -0.2) is 11.5 Å². The Bertz CT molecular complexity index is 457. The molecule has 2 rings (SSSR count). The summed E-state index contributed by atoms with van der Waals surface area (Å²) < 4.78 is 0. The number of nitrogen functional groups attached to an aromatic ring is 1. The van der Waals surface area contributed by atoms with Gasteiger partial charge in [-0.05, 0) is 44.7 Å². The molecule has 0 bridgehead atoms. The SMILES string of the molecule is CCNC(CC1=CCCCC1)c1cc(Cl)cnc1N. The zero-order valence-corrected chi connectivity index (χ0v) is 12.2. The second-order valence-electron chi connectivity index (χ2n) is 5.05. The summed E-state index contributed by atoms with van der Waals surface area (Å²) in [6.07, 6.45) is 10.0. The number of anilines is 1. The van der Waals surface area contributed by atoms with Crippen LogP contribution in [0.25, 0.3) is 0 Å². The molecule has 1 atom stereocenters. The van der Waals surface area contributed by atoms with Crippen LogP contribution in [0.5, 0.6) is 0 Å². The average Bonchev–Trinajstić information content (AvgIpc) is 2.42. The Kier molecular flexibility index (Phi) is 5.23. The largest absolute Gasteiger partial charge is 0.383 e. The van der Waals surface area contributed by atoms with Crippen molar-refractivity contribution in [1.82, 2.24) is 10.3 Å². The highest BCUT2D eigenvalue weighted by molar-refractivity contribution is 6.30. The quantitative estimate of drug-likeness (QED) is 0.805. The van der Waals surface area contributed by atoms with Crippen LogP contribution in [0.4, 0.5) is 5.82 Å². The fraction of sp³-hybridized carbons (Fsp3) is 0.533. The number of nitrogens with one attached hydrogen (secondary N) is 1. The van der Waals surface area contributed by atoms with Crippen molar-refractivity contribution >= 4 is 17.4 Å². The third-order valence-corrected chi connectivity index (χ3v) is 3.80. The molecule has 3 nitrogen and oxygen atoms in total. The fourth-order valence-electron chi connectivity index (χ4n) is 2.64. The molecule has 0 aromatic carbocycles. The van der Waals surface area contributed by atoms with Crippen LogP contribution in [0.15, 0.2) is 23.9 Å². The number of hydrogen-bond acceptors (Lipinski definition) is 3. The number of allylic oxidation sites excluding steroid dienone is 1. The van der Waals surface area contributed by atoms with Gasteiger partial charge < -0.3 is 11.1 Å². The van der Waals surface area contributed by atoms with Crippen LogP contribution >= 0.6 is 11.6 Å². The average molecular weight is 280 g/mol. The number of nitrogens with zero attached hydrogens (tertiary/aromatic N) is 1. The summed E-state index contributed by atoms with van der Waals surface area (Å²) in [7, 11) is 0. The van der Waals surface area contributed by atoms with E-state index in [1.165, 1.54) is 31.3 Å². The third-order valence-electron chi connectivity index (χ3n) is 3.59. The first-order valence-corrected chi connectivity index (χ1v) is 7.40. The number of halogens is 1. The summed E-state index contributed by atoms with van der Waals surface area (Å²) in [6.45, 7) is 3.01. The van der Waals surface area contributed by atoms with Crippen molar-refractivity contribution in [3.05, 3.63) is 34.5 Å². The normalized spacial score (nSPS) is 17.1. The molecule has 0 saturated carbocycles. The van der Waals surface area contributed by atoms with Gasteiger partial charge in [0.15, 0.2) is 0 Å². The van der Waals surface area contributed by atoms with Crippen LogP contribution < -0.4 is 11.1 Å². The van der Waals surface area contributed by atoms with Crippen molar-refractivity contribution in [2.75, 3.05) is 12.3 Å². The summed E-state index contributed by atoms with van der Waals surface area (Å²) >= 11 is 6.04. The molecule has 3 N–H and O–H groups in total. The topological polar surface area (TPSA) is 50.9 Å². The Morgan fingerprint density at radius 3 is 3.00 bits per heavy atom. The predicted molar refractivity (Wildman–Crippen MR) is 81.2 cm³/mol. The van der Waals surface area contributed by atoms with Crippen LogP contribution in [0, 0.1) is 0 Å². The molecular weight excluding hydrogens is 258 g/mol. The van der Waals surface area contributed by atoms with Gasteiger partial charge >= 0.3 is 0 Å². The molecule has 0 spiro atoms. The Hall–Kier alpha value is -1.06. The molecule has 1 aromatic heterocycles. The minimum Gasteiger partial charge on any atom is -0.383 e. The van der Waals surface area contributed by atoms with Crippen molar-refractivity contribution in [3.8, 4) is 0 Å². The minimum absolute atomic E-state index is 0.209. The number of pyridine rings is 1. The Labute approximate surface area is 120 Å². The smallest absolute Gasteiger partial charge is 0.128 e. The monoisotopic (exact) mass is 279 g/mol. The van der Waals surface area contributed by atoms with Gasteiger partial charge in [0.05, 0.1) is 5.02 Å². The van der Waals surface area contributed by atoms with Crippen molar-refractivity contribution in [2.45, 2.75) is 45.1 Å². The molecule has 19 heavy (non-hydrogen) atoms. The highest BCUT2D eigenvalue weighted by Crippen LogP contribution is 2.30. The van der Waals surface area contributed by atoms with Crippen LogP contribution in [-0.2, 0) is 0 Å². The lowest BCUT2D eigenvalue weighted by molar-refractivity contribution is 0.528. The molecule has 0 fully saturated rings. The maximum atomic E-state index is 6.04. The summed E-state index contributed by atoms with van der Waals surface area (Å²) in [5, 5.41) is 4.14. The molecule has 104 valence electrons. The lowest BCUT2D eigenvalue weighted by Crippen LogP contribution is -2.23. The van der Waals surface area contributed by atoms with E-state index in [0.29, 0.717) is 10.8 Å². The first kappa shape index (κ1) is 14.4. The molecule has 1 aliphatic rings. The lowest BCUT2D eigenvalue weighted by Gasteiger charge is -2.23. The second-order valence-corrected chi connectivity index (χ2v) is 5.49. The first-order chi connectivity index (χ1) is 9.20. The van der Waals surface area contributed by atoms with Crippen molar-refractivity contribution < 1.29 is 0 Å². The molecular formula is C15H22ClN3. The molecule has 0 radical (unpaired) electrons. The van der Waals surface area contributed by atoms with Crippen LogP contribution in [0.1, 0.15) is 50.6 Å². The highest BCUT2D eigenvalue weighted by atomic mass is 35.5. The molecule has 1 aromatic rings. The predicted octanol–water partition coefficient (Wildman–Crippen LogP) is 3.86. The Balaban J connectivity index is 2.18. The molecule has 1 heterocycles. The Morgan fingerprint density at radius 1 is 1.47 bits per heavy atom. The van der Waals surface area contributed by atoms with E-state index in [2.05, 4.69) is 23.3 Å². The summed E-state index contributed by atoms with van der Waals surface area (Å²) in [5.74, 6) is 0.576. The molecule has 4 heteroatoms.